The summed E-state index contributed by atoms with van der Waals surface area (Å²) < 4.78 is 41.7. The van der Waals surface area contributed by atoms with Crippen molar-refractivity contribution in [3.63, 3.8) is 0 Å². The van der Waals surface area contributed by atoms with Gasteiger partial charge in [0, 0.05) is 5.38 Å². The van der Waals surface area contributed by atoms with Gasteiger partial charge in [-0.05, 0) is 6.92 Å². The Hall–Kier alpha value is -3.77. The van der Waals surface area contributed by atoms with Gasteiger partial charge in [-0.25, -0.2) is 9.29 Å². The first-order valence-corrected chi connectivity index (χ1v) is 11.2. The number of ether oxygens (including phenoxy) is 1. The maximum absolute atomic E-state index is 12.7. The largest absolute Gasteiger partial charge is 0.460 e. The van der Waals surface area contributed by atoms with E-state index in [9.17, 15) is 18.0 Å². The molecule has 1 fully saturated rings. The highest BCUT2D eigenvalue weighted by molar-refractivity contribution is 7.84. The van der Waals surface area contributed by atoms with Crippen LogP contribution < -0.4 is 21.5 Å². The number of carbonyl (C=O) groups is 2. The molecule has 0 aliphatic carbocycles. The number of nitrogens with zero attached hydrogens (tertiary/aromatic N) is 4. The predicted molar refractivity (Wildman–Crippen MR) is 112 cm³/mol. The van der Waals surface area contributed by atoms with Crippen molar-refractivity contribution in [2.24, 2.45) is 10.9 Å². The Morgan fingerprint density at radius 1 is 1.45 bits per heavy atom. The van der Waals surface area contributed by atoms with Crippen LogP contribution in [0, 0.1) is 5.41 Å². The maximum atomic E-state index is 12.7. The lowest BCUT2D eigenvalue weighted by atomic mass is 10.0. The molecule has 0 unspecified atom stereocenters. The Morgan fingerprint density at radius 2 is 2.18 bits per heavy atom. The Morgan fingerprint density at radius 3 is 2.73 bits per heavy atom. The summed E-state index contributed by atoms with van der Waals surface area (Å²) in [6, 6.07) is -0.935. The number of carbonyl (C=O) groups excluding carboxylic acids is 2. The number of hydrogen-bond acceptors (Lipinski definition) is 13. The van der Waals surface area contributed by atoms with E-state index >= 15 is 0 Å². The maximum Gasteiger partial charge on any atom is 0.362 e. The molecule has 0 radical (unpaired) electrons. The molecule has 0 saturated carbocycles. The number of nitrogens with two attached hydrogens (primary N) is 2. The van der Waals surface area contributed by atoms with Crippen molar-refractivity contribution in [2.75, 3.05) is 18.9 Å². The zero-order valence-electron chi connectivity index (χ0n) is 16.8. The summed E-state index contributed by atoms with van der Waals surface area (Å²) in [7, 11) is -4.74. The minimum Gasteiger partial charge on any atom is -0.460 e. The first kappa shape index (κ1) is 23.9. The van der Waals surface area contributed by atoms with Crippen molar-refractivity contribution in [1.82, 2.24) is 19.8 Å². The second kappa shape index (κ2) is 9.38. The zero-order valence-corrected chi connectivity index (χ0v) is 18.4. The molecule has 2 aromatic heterocycles. The molecule has 16 nitrogen and oxygen atoms in total. The van der Waals surface area contributed by atoms with Gasteiger partial charge in [0.2, 0.25) is 0 Å². The number of hydrogen-bond donors (Lipinski definition) is 5. The number of anilines is 1. The minimum atomic E-state index is -4.74. The number of nitrogen functional groups attached to an aromatic ring is 2. The zero-order chi connectivity index (χ0) is 24.3. The van der Waals surface area contributed by atoms with E-state index in [1.807, 2.05) is 0 Å². The second-order valence-electron chi connectivity index (χ2n) is 6.44. The first-order chi connectivity index (χ1) is 15.5. The van der Waals surface area contributed by atoms with Gasteiger partial charge < -0.3 is 30.9 Å². The average molecular weight is 502 g/mol. The number of β-lactam (4-membered cyclic amide) rings is 1. The fourth-order valence-corrected chi connectivity index (χ4v) is 4.09. The normalized spacial score (nSPS) is 18.5. The van der Waals surface area contributed by atoms with E-state index in [0.717, 1.165) is 11.3 Å². The highest BCUT2D eigenvalue weighted by Crippen LogP contribution is 2.23. The summed E-state index contributed by atoms with van der Waals surface area (Å²) in [5.41, 5.74) is 10.7. The number of nitrogens with one attached hydrogen (secondary N) is 2. The first-order valence-electron chi connectivity index (χ1n) is 8.95. The van der Waals surface area contributed by atoms with Crippen LogP contribution in [0.15, 0.2) is 21.1 Å². The van der Waals surface area contributed by atoms with Crippen molar-refractivity contribution < 1.29 is 36.7 Å². The number of oxime groups is 1. The lowest BCUT2D eigenvalue weighted by Crippen LogP contribution is -2.71. The van der Waals surface area contributed by atoms with Crippen LogP contribution in [0.2, 0.25) is 0 Å². The summed E-state index contributed by atoms with van der Waals surface area (Å²) in [5, 5.41) is 18.4. The SMILES string of the molecule is C[C@H]1[C@H](NC(=O)/C(=N\OCCOc2cc(C(=N)N)no2)c2csc(N)n2)C(=O)N1S(=O)(=O)O. The van der Waals surface area contributed by atoms with E-state index in [-0.39, 0.29) is 51.5 Å². The van der Waals surface area contributed by atoms with E-state index in [1.54, 1.807) is 0 Å². The van der Waals surface area contributed by atoms with Gasteiger partial charge in [0.15, 0.2) is 23.1 Å². The molecule has 1 aliphatic heterocycles. The fourth-order valence-electron chi connectivity index (χ4n) is 2.66. The Balaban J connectivity index is 1.62. The topological polar surface area (TPSA) is 249 Å². The number of aromatic nitrogens is 2. The summed E-state index contributed by atoms with van der Waals surface area (Å²) in [6.07, 6.45) is 0. The van der Waals surface area contributed by atoms with Crippen molar-refractivity contribution in [3.05, 3.63) is 22.8 Å². The molecule has 1 aliphatic rings. The average Bonchev–Trinajstić information content (AvgIpc) is 3.37. The van der Waals surface area contributed by atoms with Gasteiger partial charge in [0.25, 0.3) is 11.8 Å². The third-order valence-corrected chi connectivity index (χ3v) is 5.87. The molecule has 2 aromatic rings. The van der Waals surface area contributed by atoms with Crippen LogP contribution in [-0.4, -0.2) is 76.1 Å². The molecule has 7 N–H and O–H groups in total. The highest BCUT2D eigenvalue weighted by Gasteiger charge is 2.51. The van der Waals surface area contributed by atoms with Crippen molar-refractivity contribution in [3.8, 4) is 5.95 Å². The number of amidine groups is 1. The standard InChI is InChI=1S/C15H18N8O8S2/c1-6-10(14(25)23(6)33(26,27)28)20-13(24)11(8-5-32-15(18)19-8)22-30-3-2-29-9-4-7(12(16)17)21-31-9/h4-6,10H,2-3H2,1H3,(H3,16,17)(H2,18,19)(H,20,24)(H,26,27,28)/b22-11-/t6-,10-/m0/s1. The van der Waals surface area contributed by atoms with Gasteiger partial charge in [-0.2, -0.15) is 8.42 Å². The minimum absolute atomic E-state index is 0.0149. The van der Waals surface area contributed by atoms with Crippen LogP contribution in [0.3, 0.4) is 0 Å². The molecule has 3 rings (SSSR count). The fraction of sp³-hybridized carbons (Fsp3) is 0.333. The Kier molecular flexibility index (Phi) is 6.79. The molecule has 1 saturated heterocycles. The van der Waals surface area contributed by atoms with Crippen LogP contribution in [0.1, 0.15) is 18.3 Å². The van der Waals surface area contributed by atoms with Crippen molar-refractivity contribution in [2.45, 2.75) is 19.0 Å². The molecule has 0 spiro atoms. The summed E-state index contributed by atoms with van der Waals surface area (Å²) >= 11 is 1.03. The summed E-state index contributed by atoms with van der Waals surface area (Å²) in [6.45, 7) is 1.10. The van der Waals surface area contributed by atoms with Gasteiger partial charge in [-0.3, -0.25) is 19.6 Å². The second-order valence-corrected chi connectivity index (χ2v) is 8.62. The predicted octanol–water partition coefficient (Wildman–Crippen LogP) is -1.68. The highest BCUT2D eigenvalue weighted by atomic mass is 32.2. The lowest BCUT2D eigenvalue weighted by Gasteiger charge is -2.42. The van der Waals surface area contributed by atoms with Crippen LogP contribution in [0.4, 0.5) is 5.13 Å². The van der Waals surface area contributed by atoms with Gasteiger partial charge >= 0.3 is 16.3 Å². The van der Waals surface area contributed by atoms with Gasteiger partial charge in [0.1, 0.15) is 24.2 Å². The third-order valence-electron chi connectivity index (χ3n) is 4.19. The van der Waals surface area contributed by atoms with Crippen molar-refractivity contribution >= 4 is 50.1 Å². The van der Waals surface area contributed by atoms with Crippen LogP contribution in [-0.2, 0) is 24.7 Å². The Labute approximate surface area is 189 Å². The molecule has 2 atom stereocenters. The molecule has 33 heavy (non-hydrogen) atoms. The van der Waals surface area contributed by atoms with E-state index in [1.165, 1.54) is 18.4 Å². The van der Waals surface area contributed by atoms with E-state index in [0.29, 0.717) is 0 Å². The van der Waals surface area contributed by atoms with Crippen LogP contribution in [0.5, 0.6) is 5.95 Å². The molecule has 3 heterocycles. The van der Waals surface area contributed by atoms with Gasteiger partial charge in [-0.1, -0.05) is 10.3 Å². The summed E-state index contributed by atoms with van der Waals surface area (Å²) in [5.74, 6) is -2.21. The molecule has 178 valence electrons. The van der Waals surface area contributed by atoms with E-state index in [4.69, 9.17) is 35.5 Å². The number of rotatable bonds is 10. The number of thiazole rings is 1. The molecule has 2 amide bonds. The monoisotopic (exact) mass is 502 g/mol. The summed E-state index contributed by atoms with van der Waals surface area (Å²) in [4.78, 5) is 33.7. The third kappa shape index (κ3) is 5.35. The molecular formula is C15H18N8O8S2. The van der Waals surface area contributed by atoms with E-state index in [2.05, 4.69) is 20.6 Å². The van der Waals surface area contributed by atoms with Gasteiger partial charge in [-0.15, -0.1) is 11.3 Å². The quantitative estimate of drug-likeness (QED) is 0.0610. The van der Waals surface area contributed by atoms with Crippen LogP contribution >= 0.6 is 11.3 Å². The van der Waals surface area contributed by atoms with E-state index < -0.39 is 34.2 Å². The molecule has 0 bridgehead atoms. The molecular weight excluding hydrogens is 484 g/mol. The van der Waals surface area contributed by atoms with Gasteiger partial charge in [0.05, 0.1) is 12.1 Å². The molecule has 0 aromatic carbocycles. The smallest absolute Gasteiger partial charge is 0.362 e. The lowest BCUT2D eigenvalue weighted by molar-refractivity contribution is -0.143. The Bertz CT molecular complexity index is 1210. The van der Waals surface area contributed by atoms with Crippen molar-refractivity contribution in [1.29, 1.82) is 5.41 Å². The molecule has 18 heteroatoms. The number of amides is 2. The van der Waals surface area contributed by atoms with Crippen LogP contribution in [0.25, 0.3) is 0 Å².